The Kier molecular flexibility index (Phi) is 5.23. The van der Waals surface area contributed by atoms with Crippen molar-refractivity contribution in [1.82, 2.24) is 0 Å². The zero-order chi connectivity index (χ0) is 8.04. The predicted octanol–water partition coefficient (Wildman–Crippen LogP) is -0.0375. The first kappa shape index (κ1) is 10.3. The molecule has 0 radical (unpaired) electrons. The van der Waals surface area contributed by atoms with Crippen LogP contribution in [0.15, 0.2) is 0 Å². The van der Waals surface area contributed by atoms with Crippen molar-refractivity contribution in [2.24, 2.45) is 0 Å². The first-order chi connectivity index (χ1) is 4.68. The van der Waals surface area contributed by atoms with Gasteiger partial charge in [-0.3, -0.25) is 0 Å². The molecule has 0 aromatic rings. The molecule has 0 bridgehead atoms. The molecule has 0 heterocycles. The van der Waals surface area contributed by atoms with E-state index < -0.39 is 9.05 Å². The van der Waals surface area contributed by atoms with Crippen LogP contribution in [0, 0.1) is 0 Å². The van der Waals surface area contributed by atoms with Crippen LogP contribution in [0.5, 0.6) is 0 Å². The Labute approximate surface area is 66.1 Å². The lowest BCUT2D eigenvalue weighted by Gasteiger charge is -2.17. The molecule has 0 rings (SSSR count). The summed E-state index contributed by atoms with van der Waals surface area (Å²) in [5.41, 5.74) is 0. The Bertz CT molecular complexity index is 87.3. The second kappa shape index (κ2) is 5.06. The summed E-state index contributed by atoms with van der Waals surface area (Å²) in [4.78, 5) is 9.17. The van der Waals surface area contributed by atoms with Crippen molar-refractivity contribution in [3.8, 4) is 0 Å². The van der Waals surface area contributed by atoms with Gasteiger partial charge in [-0.25, -0.2) is 0 Å². The van der Waals surface area contributed by atoms with Gasteiger partial charge in [0, 0.05) is 20.1 Å². The van der Waals surface area contributed by atoms with Crippen LogP contribution in [0.4, 0.5) is 0 Å². The van der Waals surface area contributed by atoms with Crippen LogP contribution in [-0.2, 0) is 13.3 Å². The standard InChI is InChI=1S/C4H11ClO4Si/c1-7-10(6,8-2)9-4-3-5/h6H,3-4H2,1-2H3. The minimum absolute atomic E-state index is 0.228. The third-order valence-corrected chi connectivity index (χ3v) is 2.63. The third kappa shape index (κ3) is 3.50. The third-order valence-electron chi connectivity index (χ3n) is 0.878. The first-order valence-electron chi connectivity index (χ1n) is 2.71. The van der Waals surface area contributed by atoms with Gasteiger partial charge in [0.05, 0.1) is 6.61 Å². The molecule has 0 aliphatic rings. The van der Waals surface area contributed by atoms with E-state index in [2.05, 4.69) is 8.85 Å². The molecule has 0 unspecified atom stereocenters. The molecule has 0 saturated heterocycles. The number of rotatable bonds is 5. The maximum absolute atomic E-state index is 9.17. The van der Waals surface area contributed by atoms with Crippen molar-refractivity contribution in [3.63, 3.8) is 0 Å². The second-order valence-corrected chi connectivity index (χ2v) is 4.00. The zero-order valence-electron chi connectivity index (χ0n) is 5.96. The van der Waals surface area contributed by atoms with Crippen molar-refractivity contribution in [2.45, 2.75) is 0 Å². The van der Waals surface area contributed by atoms with Crippen molar-refractivity contribution in [3.05, 3.63) is 0 Å². The SMILES string of the molecule is CO[Si](O)(OC)OCCCl. The van der Waals surface area contributed by atoms with Gasteiger partial charge in [0.25, 0.3) is 0 Å². The van der Waals surface area contributed by atoms with E-state index in [1.807, 2.05) is 0 Å². The molecule has 6 heteroatoms. The highest BCUT2D eigenvalue weighted by atomic mass is 35.5. The monoisotopic (exact) mass is 186 g/mol. The van der Waals surface area contributed by atoms with Crippen LogP contribution in [0.3, 0.4) is 0 Å². The van der Waals surface area contributed by atoms with Crippen LogP contribution in [0.2, 0.25) is 0 Å². The second-order valence-electron chi connectivity index (χ2n) is 1.47. The molecule has 62 valence electrons. The molecule has 0 aromatic carbocycles. The van der Waals surface area contributed by atoms with Gasteiger partial charge in [0.2, 0.25) is 0 Å². The van der Waals surface area contributed by atoms with Gasteiger partial charge < -0.3 is 18.1 Å². The highest BCUT2D eigenvalue weighted by molar-refractivity contribution is 6.51. The van der Waals surface area contributed by atoms with Gasteiger partial charge in [0.15, 0.2) is 0 Å². The van der Waals surface area contributed by atoms with E-state index in [9.17, 15) is 4.80 Å². The summed E-state index contributed by atoms with van der Waals surface area (Å²) in [5, 5.41) is 0. The largest absolute Gasteiger partial charge is 0.676 e. The minimum atomic E-state index is -3.30. The van der Waals surface area contributed by atoms with E-state index in [4.69, 9.17) is 16.0 Å². The van der Waals surface area contributed by atoms with E-state index in [1.54, 1.807) is 0 Å². The van der Waals surface area contributed by atoms with E-state index in [-0.39, 0.29) is 6.61 Å². The van der Waals surface area contributed by atoms with Gasteiger partial charge >= 0.3 is 9.05 Å². The Morgan fingerprint density at radius 2 is 1.90 bits per heavy atom. The lowest BCUT2D eigenvalue weighted by molar-refractivity contribution is 0.0277. The summed E-state index contributed by atoms with van der Waals surface area (Å²) < 4.78 is 14.0. The molecule has 0 aliphatic carbocycles. The maximum atomic E-state index is 9.17. The van der Waals surface area contributed by atoms with Crippen molar-refractivity contribution in [2.75, 3.05) is 26.7 Å². The number of hydrogen-bond donors (Lipinski definition) is 1. The Balaban J connectivity index is 3.58. The number of alkyl halides is 1. The van der Waals surface area contributed by atoms with Crippen LogP contribution in [-0.4, -0.2) is 40.6 Å². The van der Waals surface area contributed by atoms with Crippen LogP contribution in [0.25, 0.3) is 0 Å². The molecular formula is C4H11ClO4Si. The molecule has 0 saturated carbocycles. The molecule has 0 aliphatic heterocycles. The average molecular weight is 187 g/mol. The van der Waals surface area contributed by atoms with Gasteiger partial charge in [-0.15, -0.1) is 11.6 Å². The van der Waals surface area contributed by atoms with Gasteiger partial charge in [-0.2, -0.15) is 0 Å². The van der Waals surface area contributed by atoms with Crippen LogP contribution >= 0.6 is 11.6 Å². The molecular weight excluding hydrogens is 176 g/mol. The predicted molar refractivity (Wildman–Crippen MR) is 38.7 cm³/mol. The first-order valence-corrected chi connectivity index (χ1v) is 4.91. The molecule has 0 aromatic heterocycles. The fourth-order valence-corrected chi connectivity index (χ4v) is 1.34. The minimum Gasteiger partial charge on any atom is -0.367 e. The van der Waals surface area contributed by atoms with E-state index in [0.717, 1.165) is 0 Å². The number of halogens is 1. The van der Waals surface area contributed by atoms with Crippen molar-refractivity contribution < 1.29 is 18.1 Å². The summed E-state index contributed by atoms with van der Waals surface area (Å²) in [6.45, 7) is 0.228. The molecule has 10 heavy (non-hydrogen) atoms. The average Bonchev–Trinajstić information content (AvgIpc) is 2.00. The lowest BCUT2D eigenvalue weighted by Crippen LogP contribution is -2.44. The Morgan fingerprint density at radius 1 is 1.40 bits per heavy atom. The van der Waals surface area contributed by atoms with Crippen LogP contribution in [0.1, 0.15) is 0 Å². The maximum Gasteiger partial charge on any atom is 0.676 e. The highest BCUT2D eigenvalue weighted by Gasteiger charge is 2.38. The molecule has 0 atom stereocenters. The fourth-order valence-electron chi connectivity index (χ4n) is 0.369. The molecule has 0 spiro atoms. The fraction of sp³-hybridized carbons (Fsp3) is 1.00. The number of hydrogen-bond acceptors (Lipinski definition) is 4. The summed E-state index contributed by atoms with van der Waals surface area (Å²) in [6, 6.07) is 0. The van der Waals surface area contributed by atoms with Gasteiger partial charge in [-0.1, -0.05) is 0 Å². The van der Waals surface area contributed by atoms with Crippen LogP contribution < -0.4 is 0 Å². The normalized spacial score (nSPS) is 12.0. The molecule has 1 N–H and O–H groups in total. The summed E-state index contributed by atoms with van der Waals surface area (Å²) in [7, 11) is -0.656. The lowest BCUT2D eigenvalue weighted by atomic mass is 10.9. The quantitative estimate of drug-likeness (QED) is 0.484. The Morgan fingerprint density at radius 3 is 2.20 bits per heavy atom. The topological polar surface area (TPSA) is 47.9 Å². The van der Waals surface area contributed by atoms with Gasteiger partial charge in [0.1, 0.15) is 0 Å². The summed E-state index contributed by atoms with van der Waals surface area (Å²) in [5.74, 6) is 0.308. The van der Waals surface area contributed by atoms with Gasteiger partial charge in [-0.05, 0) is 0 Å². The molecule has 0 amide bonds. The van der Waals surface area contributed by atoms with Crippen molar-refractivity contribution >= 4 is 20.6 Å². The van der Waals surface area contributed by atoms with E-state index in [0.29, 0.717) is 5.88 Å². The summed E-state index contributed by atoms with van der Waals surface area (Å²) >= 11 is 5.30. The van der Waals surface area contributed by atoms with E-state index >= 15 is 0 Å². The highest BCUT2D eigenvalue weighted by Crippen LogP contribution is 2.01. The molecule has 4 nitrogen and oxygen atoms in total. The van der Waals surface area contributed by atoms with E-state index in [1.165, 1.54) is 14.2 Å². The zero-order valence-corrected chi connectivity index (χ0v) is 7.72. The summed E-state index contributed by atoms with van der Waals surface area (Å²) in [6.07, 6.45) is 0. The smallest absolute Gasteiger partial charge is 0.367 e. The Hall–Kier alpha value is 0.347. The van der Waals surface area contributed by atoms with Crippen molar-refractivity contribution in [1.29, 1.82) is 0 Å². The molecule has 0 fully saturated rings.